The molecule has 0 amide bonds. The molecule has 0 bridgehead atoms. The Balaban J connectivity index is 0.000000497. The molecule has 1 N–H and O–H groups in total. The monoisotopic (exact) mass is 309 g/mol. The maximum atomic E-state index is 12.9. The number of alkyl halides is 3. The van der Waals surface area contributed by atoms with Gasteiger partial charge < -0.3 is 16.4 Å². The molecule has 1 aliphatic heterocycles. The van der Waals surface area contributed by atoms with Gasteiger partial charge in [-0.1, -0.05) is 30.0 Å². The third kappa shape index (κ3) is 3.24. The fourth-order valence-corrected chi connectivity index (χ4v) is 2.92. The molecule has 4 nitrogen and oxygen atoms in total. The van der Waals surface area contributed by atoms with Crippen molar-refractivity contribution in [3.05, 3.63) is 64.0 Å². The number of fused-ring (bicyclic) bond motifs is 2. The summed E-state index contributed by atoms with van der Waals surface area (Å²) in [5.41, 5.74) is 13.7. The van der Waals surface area contributed by atoms with Crippen LogP contribution in [0.15, 0.2) is 52.3 Å². The summed E-state index contributed by atoms with van der Waals surface area (Å²) in [6.45, 7) is 0. The molecule has 2 aromatic rings. The maximum absolute atomic E-state index is 12.9. The largest absolute Gasteiger partial charge is 0.418 e. The number of para-hydroxylation sites is 2. The van der Waals surface area contributed by atoms with Crippen LogP contribution in [0.1, 0.15) is 5.56 Å². The van der Waals surface area contributed by atoms with E-state index < -0.39 is 11.7 Å². The Kier molecular flexibility index (Phi) is 4.30. The van der Waals surface area contributed by atoms with Gasteiger partial charge in [-0.15, -0.1) is 0 Å². The van der Waals surface area contributed by atoms with E-state index in [0.717, 1.165) is 11.0 Å². The first-order valence-electron chi connectivity index (χ1n) is 5.70. The number of halogens is 3. The van der Waals surface area contributed by atoms with Crippen molar-refractivity contribution in [3.8, 4) is 0 Å². The SMILES string of the molecule is FC(F)(F)c1cccc2c1Nc1ccccc1S2.[N-]=[N+]=[N-]. The number of nitrogens with one attached hydrogen (secondary N) is 1. The smallest absolute Gasteiger partial charge is 0.373 e. The molecule has 0 atom stereocenters. The van der Waals surface area contributed by atoms with Gasteiger partial charge in [0.1, 0.15) is 0 Å². The molecule has 0 aromatic heterocycles. The van der Waals surface area contributed by atoms with Crippen LogP contribution in [0.25, 0.3) is 16.0 Å². The third-order valence-corrected chi connectivity index (χ3v) is 3.83. The van der Waals surface area contributed by atoms with E-state index >= 15 is 0 Å². The van der Waals surface area contributed by atoms with Gasteiger partial charge in [0, 0.05) is 9.79 Å². The molecule has 0 saturated heterocycles. The van der Waals surface area contributed by atoms with E-state index in [0.29, 0.717) is 10.6 Å². The third-order valence-electron chi connectivity index (χ3n) is 2.70. The molecule has 108 valence electrons. The predicted octanol–water partition coefficient (Wildman–Crippen LogP) is 5.78. The molecule has 0 spiro atoms. The molecule has 0 aliphatic carbocycles. The topological polar surface area (TPSA) is 70.7 Å². The number of anilines is 2. The number of hydrogen-bond acceptors (Lipinski definition) is 2. The molecule has 3 rings (SSSR count). The van der Waals surface area contributed by atoms with E-state index in [9.17, 15) is 13.2 Å². The fraction of sp³-hybridized carbons (Fsp3) is 0.0769. The predicted molar refractivity (Wildman–Crippen MR) is 75.4 cm³/mol. The highest BCUT2D eigenvalue weighted by molar-refractivity contribution is 7.99. The average molecular weight is 309 g/mol. The van der Waals surface area contributed by atoms with Gasteiger partial charge in [0.25, 0.3) is 0 Å². The number of benzene rings is 2. The Morgan fingerprint density at radius 2 is 1.57 bits per heavy atom. The molecule has 1 heterocycles. The Labute approximate surface area is 122 Å². The van der Waals surface area contributed by atoms with Crippen molar-refractivity contribution < 1.29 is 13.2 Å². The lowest BCUT2D eigenvalue weighted by atomic mass is 10.1. The zero-order valence-corrected chi connectivity index (χ0v) is 11.2. The highest BCUT2D eigenvalue weighted by Crippen LogP contribution is 2.48. The van der Waals surface area contributed by atoms with Gasteiger partial charge in [-0.25, -0.2) is 0 Å². The summed E-state index contributed by atoms with van der Waals surface area (Å²) < 4.78 is 38.7. The summed E-state index contributed by atoms with van der Waals surface area (Å²) in [5.74, 6) is 0. The lowest BCUT2D eigenvalue weighted by molar-refractivity contribution is -0.137. The molecule has 1 aliphatic rings. The first kappa shape index (κ1) is 15.1. The van der Waals surface area contributed by atoms with Gasteiger partial charge in [0.15, 0.2) is 0 Å². The molecule has 0 fully saturated rings. The number of hydrogen-bond donors (Lipinski definition) is 1. The molecule has 8 heteroatoms. The second kappa shape index (κ2) is 5.99. The second-order valence-corrected chi connectivity index (χ2v) is 5.07. The van der Waals surface area contributed by atoms with Crippen LogP contribution >= 0.6 is 11.8 Å². The van der Waals surface area contributed by atoms with Crippen LogP contribution in [0.3, 0.4) is 0 Å². The van der Waals surface area contributed by atoms with E-state index in [4.69, 9.17) is 11.1 Å². The van der Waals surface area contributed by atoms with Crippen LogP contribution in [0, 0.1) is 0 Å². The van der Waals surface area contributed by atoms with Crippen LogP contribution in [0.5, 0.6) is 0 Å². The fourth-order valence-electron chi connectivity index (χ4n) is 1.89. The van der Waals surface area contributed by atoms with Crippen LogP contribution in [-0.4, -0.2) is 0 Å². The Bertz CT molecular complexity index is 694. The molecule has 0 radical (unpaired) electrons. The van der Waals surface area contributed by atoms with E-state index in [2.05, 4.69) is 5.32 Å². The first-order valence-corrected chi connectivity index (χ1v) is 6.51. The van der Waals surface area contributed by atoms with Gasteiger partial charge in [0.05, 0.1) is 16.9 Å². The van der Waals surface area contributed by atoms with E-state index in [-0.39, 0.29) is 5.69 Å². The lowest BCUT2D eigenvalue weighted by Crippen LogP contribution is -2.11. The standard InChI is InChI=1S/C13H8F3NS.N3/c14-13(15,16)8-4-3-7-11-12(8)17-9-5-1-2-6-10(9)18-11;1-3-2/h1-7,17H;/q;-1. The minimum absolute atomic E-state index is 0.147. The van der Waals surface area contributed by atoms with E-state index in [1.54, 1.807) is 18.2 Å². The molecule has 0 saturated carbocycles. The van der Waals surface area contributed by atoms with Crippen LogP contribution in [0.4, 0.5) is 24.5 Å². The summed E-state index contributed by atoms with van der Waals surface area (Å²) in [4.78, 5) is 3.04. The van der Waals surface area contributed by atoms with Crippen molar-refractivity contribution in [1.82, 2.24) is 0 Å². The van der Waals surface area contributed by atoms with Gasteiger partial charge in [-0.2, -0.15) is 13.2 Å². The minimum Gasteiger partial charge on any atom is -0.373 e. The summed E-state index contributed by atoms with van der Waals surface area (Å²) >= 11 is 1.35. The van der Waals surface area contributed by atoms with E-state index in [1.807, 2.05) is 12.1 Å². The van der Waals surface area contributed by atoms with Crippen molar-refractivity contribution in [3.63, 3.8) is 0 Å². The summed E-state index contributed by atoms with van der Waals surface area (Å²) in [7, 11) is 0. The zero-order chi connectivity index (χ0) is 15.5. The summed E-state index contributed by atoms with van der Waals surface area (Å²) in [6.07, 6.45) is -4.34. The van der Waals surface area contributed by atoms with Crippen LogP contribution in [0.2, 0.25) is 0 Å². The molecule has 2 aromatic carbocycles. The van der Waals surface area contributed by atoms with Crippen molar-refractivity contribution in [2.75, 3.05) is 5.32 Å². The van der Waals surface area contributed by atoms with Crippen molar-refractivity contribution >= 4 is 23.1 Å². The zero-order valence-electron chi connectivity index (χ0n) is 10.4. The van der Waals surface area contributed by atoms with Gasteiger partial charge in [-0.05, 0) is 24.3 Å². The van der Waals surface area contributed by atoms with Gasteiger partial charge in [-0.3, -0.25) is 4.91 Å². The maximum Gasteiger partial charge on any atom is 0.418 e. The second-order valence-electron chi connectivity index (χ2n) is 3.99. The minimum atomic E-state index is -4.34. The highest BCUT2D eigenvalue weighted by Gasteiger charge is 2.35. The first-order chi connectivity index (χ1) is 9.97. The highest BCUT2D eigenvalue weighted by atomic mass is 32.2. The normalized spacial score (nSPS) is 12.0. The lowest BCUT2D eigenvalue weighted by Gasteiger charge is -2.23. The van der Waals surface area contributed by atoms with Crippen molar-refractivity contribution in [2.45, 2.75) is 16.0 Å². The van der Waals surface area contributed by atoms with Crippen LogP contribution < -0.4 is 5.32 Å². The molecule has 21 heavy (non-hydrogen) atoms. The summed E-state index contributed by atoms with van der Waals surface area (Å²) in [5, 5.41) is 2.87. The van der Waals surface area contributed by atoms with Crippen LogP contribution in [-0.2, 0) is 6.18 Å². The number of nitrogens with zero attached hydrogens (tertiary/aromatic N) is 3. The van der Waals surface area contributed by atoms with Crippen molar-refractivity contribution in [2.24, 2.45) is 0 Å². The Morgan fingerprint density at radius 3 is 2.24 bits per heavy atom. The Morgan fingerprint density at radius 1 is 0.952 bits per heavy atom. The van der Waals surface area contributed by atoms with Gasteiger partial charge in [0.2, 0.25) is 0 Å². The average Bonchev–Trinajstić information content (AvgIpc) is 2.44. The Hall–Kier alpha value is -2.31. The summed E-state index contributed by atoms with van der Waals surface area (Å²) in [6, 6.07) is 11.6. The van der Waals surface area contributed by atoms with E-state index in [1.165, 1.54) is 22.7 Å². The molecule has 0 unspecified atom stereocenters. The quantitative estimate of drug-likeness (QED) is 0.325. The number of rotatable bonds is 0. The molecular formula is C13H8F3N4S-. The van der Waals surface area contributed by atoms with Gasteiger partial charge >= 0.3 is 6.18 Å². The molecular weight excluding hydrogens is 301 g/mol. The van der Waals surface area contributed by atoms with Crippen molar-refractivity contribution in [1.29, 1.82) is 0 Å².